The minimum Gasteiger partial charge on any atom is -0.497 e. The molecule has 0 bridgehead atoms. The number of hydrogen-bond donors (Lipinski definition) is 2. The average molecular weight is 421 g/mol. The van der Waals surface area contributed by atoms with Crippen LogP contribution in [0.25, 0.3) is 0 Å². The molecule has 0 unspecified atom stereocenters. The van der Waals surface area contributed by atoms with Gasteiger partial charge in [-0.1, -0.05) is 17.7 Å². The Morgan fingerprint density at radius 1 is 0.931 bits per heavy atom. The SMILES string of the molecule is COc1cccc(NC(=O)COC(=O)CCC(=O)Nc2cc(Cl)ccc2OC)c1. The van der Waals surface area contributed by atoms with Gasteiger partial charge in [0.15, 0.2) is 6.61 Å². The fourth-order valence-electron chi connectivity index (χ4n) is 2.32. The third-order valence-corrected chi connectivity index (χ3v) is 3.94. The number of nitrogens with one attached hydrogen (secondary N) is 2. The summed E-state index contributed by atoms with van der Waals surface area (Å²) in [4.78, 5) is 35.7. The lowest BCUT2D eigenvalue weighted by atomic mass is 10.2. The summed E-state index contributed by atoms with van der Waals surface area (Å²) in [5, 5.41) is 5.64. The fraction of sp³-hybridized carbons (Fsp3) is 0.250. The molecule has 29 heavy (non-hydrogen) atoms. The second kappa shape index (κ2) is 10.9. The highest BCUT2D eigenvalue weighted by molar-refractivity contribution is 6.31. The molecule has 0 heterocycles. The van der Waals surface area contributed by atoms with Gasteiger partial charge < -0.3 is 24.8 Å². The van der Waals surface area contributed by atoms with E-state index in [0.717, 1.165) is 0 Å². The van der Waals surface area contributed by atoms with Crippen molar-refractivity contribution in [1.82, 2.24) is 0 Å². The number of ether oxygens (including phenoxy) is 3. The maximum atomic E-state index is 12.0. The molecule has 0 radical (unpaired) electrons. The zero-order valence-electron chi connectivity index (χ0n) is 16.0. The van der Waals surface area contributed by atoms with E-state index in [0.29, 0.717) is 27.9 Å². The predicted molar refractivity (Wildman–Crippen MR) is 108 cm³/mol. The van der Waals surface area contributed by atoms with Crippen LogP contribution in [0.2, 0.25) is 5.02 Å². The molecule has 2 N–H and O–H groups in total. The Morgan fingerprint density at radius 2 is 1.72 bits per heavy atom. The van der Waals surface area contributed by atoms with Crippen LogP contribution < -0.4 is 20.1 Å². The topological polar surface area (TPSA) is 103 Å². The molecule has 0 aromatic heterocycles. The molecule has 2 aromatic rings. The molecule has 0 atom stereocenters. The molecular weight excluding hydrogens is 400 g/mol. The quantitative estimate of drug-likeness (QED) is 0.603. The van der Waals surface area contributed by atoms with Crippen LogP contribution in [0, 0.1) is 0 Å². The van der Waals surface area contributed by atoms with Crippen molar-refractivity contribution >= 4 is 40.8 Å². The third-order valence-electron chi connectivity index (χ3n) is 3.71. The molecule has 2 rings (SSSR count). The van der Waals surface area contributed by atoms with Gasteiger partial charge in [0.2, 0.25) is 5.91 Å². The van der Waals surface area contributed by atoms with Gasteiger partial charge >= 0.3 is 5.97 Å². The molecular formula is C20H21ClN2O6. The van der Waals surface area contributed by atoms with Gasteiger partial charge in [-0.05, 0) is 30.3 Å². The van der Waals surface area contributed by atoms with Crippen molar-refractivity contribution in [3.8, 4) is 11.5 Å². The molecule has 8 nitrogen and oxygen atoms in total. The normalized spacial score (nSPS) is 10.0. The van der Waals surface area contributed by atoms with E-state index in [-0.39, 0.29) is 12.8 Å². The van der Waals surface area contributed by atoms with Crippen LogP contribution in [-0.4, -0.2) is 38.6 Å². The highest BCUT2D eigenvalue weighted by Gasteiger charge is 2.13. The van der Waals surface area contributed by atoms with Crippen LogP contribution >= 0.6 is 11.6 Å². The number of carbonyl (C=O) groups is 3. The molecule has 0 aliphatic rings. The highest BCUT2D eigenvalue weighted by Crippen LogP contribution is 2.27. The summed E-state index contributed by atoms with van der Waals surface area (Å²) >= 11 is 5.90. The van der Waals surface area contributed by atoms with Crippen LogP contribution in [0.1, 0.15) is 12.8 Å². The van der Waals surface area contributed by atoms with E-state index in [2.05, 4.69) is 10.6 Å². The van der Waals surface area contributed by atoms with Crippen molar-refractivity contribution in [1.29, 1.82) is 0 Å². The average Bonchev–Trinajstić information content (AvgIpc) is 2.71. The first kappa shape index (κ1) is 22.0. The molecule has 2 amide bonds. The van der Waals surface area contributed by atoms with Crippen LogP contribution in [-0.2, 0) is 19.1 Å². The molecule has 2 aromatic carbocycles. The number of amides is 2. The zero-order valence-corrected chi connectivity index (χ0v) is 16.7. The van der Waals surface area contributed by atoms with Gasteiger partial charge in [-0.25, -0.2) is 0 Å². The Balaban J connectivity index is 1.74. The number of rotatable bonds is 9. The summed E-state index contributed by atoms with van der Waals surface area (Å²) in [5.41, 5.74) is 0.913. The minimum absolute atomic E-state index is 0.119. The van der Waals surface area contributed by atoms with Crippen LogP contribution in [0.15, 0.2) is 42.5 Å². The Hall–Kier alpha value is -3.26. The monoisotopic (exact) mass is 420 g/mol. The van der Waals surface area contributed by atoms with Gasteiger partial charge in [0.25, 0.3) is 5.91 Å². The van der Waals surface area contributed by atoms with Crippen molar-refractivity contribution in [2.24, 2.45) is 0 Å². The molecule has 154 valence electrons. The van der Waals surface area contributed by atoms with Crippen molar-refractivity contribution in [2.75, 3.05) is 31.5 Å². The first-order valence-corrected chi connectivity index (χ1v) is 9.02. The van der Waals surface area contributed by atoms with Crippen molar-refractivity contribution in [3.63, 3.8) is 0 Å². The Kier molecular flexibility index (Phi) is 8.29. The summed E-state index contributed by atoms with van der Waals surface area (Å²) in [6.07, 6.45) is -0.298. The van der Waals surface area contributed by atoms with Gasteiger partial charge in [-0.15, -0.1) is 0 Å². The van der Waals surface area contributed by atoms with Crippen molar-refractivity contribution < 1.29 is 28.6 Å². The second-order valence-electron chi connectivity index (χ2n) is 5.83. The molecule has 0 fully saturated rings. The van der Waals surface area contributed by atoms with Crippen LogP contribution in [0.3, 0.4) is 0 Å². The minimum atomic E-state index is -0.668. The highest BCUT2D eigenvalue weighted by atomic mass is 35.5. The first-order valence-electron chi connectivity index (χ1n) is 8.64. The van der Waals surface area contributed by atoms with Gasteiger partial charge in [0.05, 0.1) is 26.3 Å². The molecule has 0 aliphatic carbocycles. The second-order valence-corrected chi connectivity index (χ2v) is 6.27. The van der Waals surface area contributed by atoms with Crippen LogP contribution in [0.5, 0.6) is 11.5 Å². The third kappa shape index (κ3) is 7.34. The Morgan fingerprint density at radius 3 is 2.45 bits per heavy atom. The lowest BCUT2D eigenvalue weighted by Crippen LogP contribution is -2.21. The fourth-order valence-corrected chi connectivity index (χ4v) is 2.49. The van der Waals surface area contributed by atoms with Gasteiger partial charge in [-0.3, -0.25) is 14.4 Å². The van der Waals surface area contributed by atoms with E-state index < -0.39 is 24.4 Å². The summed E-state index contributed by atoms with van der Waals surface area (Å²) in [5.74, 6) is -0.552. The van der Waals surface area contributed by atoms with E-state index in [1.807, 2.05) is 0 Å². The lowest BCUT2D eigenvalue weighted by Gasteiger charge is -2.10. The number of halogens is 1. The molecule has 0 saturated carbocycles. The number of benzene rings is 2. The summed E-state index contributed by atoms with van der Waals surface area (Å²) in [6, 6.07) is 11.6. The lowest BCUT2D eigenvalue weighted by molar-refractivity contribution is -0.147. The largest absolute Gasteiger partial charge is 0.497 e. The summed E-state index contributed by atoms with van der Waals surface area (Å²) in [6.45, 7) is -0.459. The molecule has 9 heteroatoms. The summed E-state index contributed by atoms with van der Waals surface area (Å²) < 4.78 is 15.1. The van der Waals surface area contributed by atoms with E-state index in [9.17, 15) is 14.4 Å². The number of methoxy groups -OCH3 is 2. The van der Waals surface area contributed by atoms with Gasteiger partial charge in [0, 0.05) is 23.2 Å². The Bertz CT molecular complexity index is 887. The molecule has 0 saturated heterocycles. The molecule has 0 aliphatic heterocycles. The maximum Gasteiger partial charge on any atom is 0.306 e. The summed E-state index contributed by atoms with van der Waals surface area (Å²) in [7, 11) is 2.98. The smallest absolute Gasteiger partial charge is 0.306 e. The van der Waals surface area contributed by atoms with Crippen molar-refractivity contribution in [2.45, 2.75) is 12.8 Å². The number of anilines is 2. The predicted octanol–water partition coefficient (Wildman–Crippen LogP) is 3.26. The Labute approximate surface area is 173 Å². The van der Waals surface area contributed by atoms with Crippen LogP contribution in [0.4, 0.5) is 11.4 Å². The van der Waals surface area contributed by atoms with Crippen molar-refractivity contribution in [3.05, 3.63) is 47.5 Å². The van der Waals surface area contributed by atoms with E-state index >= 15 is 0 Å². The standard InChI is InChI=1S/C20H21ClN2O6/c1-27-15-5-3-4-14(11-15)22-19(25)12-29-20(26)9-8-18(24)23-16-10-13(21)6-7-17(16)28-2/h3-7,10-11H,8-9,12H2,1-2H3,(H,22,25)(H,23,24). The zero-order chi connectivity index (χ0) is 21.2. The number of hydrogen-bond acceptors (Lipinski definition) is 6. The van der Waals surface area contributed by atoms with E-state index in [4.69, 9.17) is 25.8 Å². The first-order chi connectivity index (χ1) is 13.9. The number of esters is 1. The van der Waals surface area contributed by atoms with Gasteiger partial charge in [0.1, 0.15) is 11.5 Å². The van der Waals surface area contributed by atoms with E-state index in [1.54, 1.807) is 42.5 Å². The number of carbonyl (C=O) groups excluding carboxylic acids is 3. The van der Waals surface area contributed by atoms with E-state index in [1.165, 1.54) is 14.2 Å². The van der Waals surface area contributed by atoms with Gasteiger partial charge in [-0.2, -0.15) is 0 Å². The molecule has 0 spiro atoms. The maximum absolute atomic E-state index is 12.0.